The van der Waals surface area contributed by atoms with Crippen molar-refractivity contribution in [3.05, 3.63) is 58.9 Å². The van der Waals surface area contributed by atoms with E-state index in [1.165, 1.54) is 12.1 Å². The van der Waals surface area contributed by atoms with Crippen molar-refractivity contribution in [3.63, 3.8) is 0 Å². The molecule has 0 unspecified atom stereocenters. The van der Waals surface area contributed by atoms with Crippen LogP contribution in [0.3, 0.4) is 0 Å². The topological polar surface area (TPSA) is 21.3 Å². The Balaban J connectivity index is 1.99. The van der Waals surface area contributed by atoms with Crippen LogP contribution in [0.2, 0.25) is 5.02 Å². The van der Waals surface area contributed by atoms with Crippen LogP contribution in [0.15, 0.2) is 42.5 Å². The maximum Gasteiger partial charge on any atom is 0.124 e. The predicted octanol–water partition coefficient (Wildman–Crippen LogP) is 4.88. The summed E-state index contributed by atoms with van der Waals surface area (Å²) in [7, 11) is 0. The van der Waals surface area contributed by atoms with Crippen molar-refractivity contribution >= 4 is 17.3 Å². The molecule has 0 radical (unpaired) electrons. The van der Waals surface area contributed by atoms with Gasteiger partial charge >= 0.3 is 0 Å². The van der Waals surface area contributed by atoms with Crippen molar-refractivity contribution < 1.29 is 9.13 Å². The quantitative estimate of drug-likeness (QED) is 0.819. The fourth-order valence-electron chi connectivity index (χ4n) is 1.78. The fourth-order valence-corrected chi connectivity index (χ4v) is 2.01. The van der Waals surface area contributed by atoms with E-state index in [1.807, 2.05) is 24.3 Å². The van der Waals surface area contributed by atoms with Crippen molar-refractivity contribution in [3.8, 4) is 5.75 Å². The molecular formula is C16H17ClFNO. The van der Waals surface area contributed by atoms with Crippen LogP contribution in [-0.4, -0.2) is 6.61 Å². The first-order valence-electron chi connectivity index (χ1n) is 6.59. The third-order valence-corrected chi connectivity index (χ3v) is 3.16. The van der Waals surface area contributed by atoms with E-state index in [0.717, 1.165) is 23.4 Å². The Labute approximate surface area is 123 Å². The summed E-state index contributed by atoms with van der Waals surface area (Å²) in [5, 5.41) is 3.68. The molecule has 106 valence electrons. The molecular weight excluding hydrogens is 277 g/mol. The predicted molar refractivity (Wildman–Crippen MR) is 81.0 cm³/mol. The second-order valence-electron chi connectivity index (χ2n) is 4.47. The lowest BCUT2D eigenvalue weighted by Crippen LogP contribution is -2.01. The third kappa shape index (κ3) is 4.14. The first-order chi connectivity index (χ1) is 9.69. The van der Waals surface area contributed by atoms with Gasteiger partial charge in [0.15, 0.2) is 0 Å². The molecule has 0 atom stereocenters. The Hall–Kier alpha value is -1.74. The lowest BCUT2D eigenvalue weighted by molar-refractivity contribution is 0.317. The summed E-state index contributed by atoms with van der Waals surface area (Å²) in [5.74, 6) is 0.510. The highest BCUT2D eigenvalue weighted by molar-refractivity contribution is 6.31. The molecule has 0 aromatic heterocycles. The summed E-state index contributed by atoms with van der Waals surface area (Å²) in [6.45, 7) is 3.31. The Morgan fingerprint density at radius 3 is 2.80 bits per heavy atom. The zero-order chi connectivity index (χ0) is 14.4. The highest BCUT2D eigenvalue weighted by Crippen LogP contribution is 2.21. The van der Waals surface area contributed by atoms with Crippen LogP contribution in [0.1, 0.15) is 18.9 Å². The van der Waals surface area contributed by atoms with Gasteiger partial charge in [0.25, 0.3) is 0 Å². The average molecular weight is 294 g/mol. The van der Waals surface area contributed by atoms with E-state index in [0.29, 0.717) is 18.2 Å². The zero-order valence-corrected chi connectivity index (χ0v) is 12.1. The van der Waals surface area contributed by atoms with Gasteiger partial charge in [0.05, 0.1) is 6.61 Å². The number of benzene rings is 2. The number of rotatable bonds is 6. The molecule has 2 aromatic rings. The van der Waals surface area contributed by atoms with Gasteiger partial charge in [-0.15, -0.1) is 0 Å². The first kappa shape index (κ1) is 14.7. The van der Waals surface area contributed by atoms with E-state index in [1.54, 1.807) is 6.07 Å². The molecule has 2 aromatic carbocycles. The van der Waals surface area contributed by atoms with Crippen molar-refractivity contribution in [2.75, 3.05) is 11.9 Å². The molecule has 0 aliphatic heterocycles. The fraction of sp³-hybridized carbons (Fsp3) is 0.250. The smallest absolute Gasteiger partial charge is 0.124 e. The van der Waals surface area contributed by atoms with Crippen LogP contribution in [0.4, 0.5) is 10.1 Å². The normalized spacial score (nSPS) is 10.3. The summed E-state index contributed by atoms with van der Waals surface area (Å²) in [6, 6.07) is 12.2. The molecule has 0 aliphatic carbocycles. The Morgan fingerprint density at radius 1 is 1.20 bits per heavy atom. The van der Waals surface area contributed by atoms with Crippen molar-refractivity contribution in [1.82, 2.24) is 0 Å². The maximum absolute atomic E-state index is 13.0. The lowest BCUT2D eigenvalue weighted by atomic mass is 10.2. The minimum atomic E-state index is -0.325. The van der Waals surface area contributed by atoms with Gasteiger partial charge in [-0.1, -0.05) is 30.7 Å². The van der Waals surface area contributed by atoms with Gasteiger partial charge in [-0.2, -0.15) is 0 Å². The minimum Gasteiger partial charge on any atom is -0.494 e. The van der Waals surface area contributed by atoms with Gasteiger partial charge in [-0.05, 0) is 36.2 Å². The van der Waals surface area contributed by atoms with Gasteiger partial charge in [-0.25, -0.2) is 4.39 Å². The van der Waals surface area contributed by atoms with E-state index < -0.39 is 0 Å². The molecule has 20 heavy (non-hydrogen) atoms. The highest BCUT2D eigenvalue weighted by Gasteiger charge is 2.02. The monoisotopic (exact) mass is 293 g/mol. The number of anilines is 1. The number of nitrogens with one attached hydrogen (secondary N) is 1. The number of halogens is 2. The summed E-state index contributed by atoms with van der Waals surface area (Å²) in [5.41, 5.74) is 1.80. The van der Waals surface area contributed by atoms with Crippen LogP contribution in [0.5, 0.6) is 5.75 Å². The van der Waals surface area contributed by atoms with Crippen LogP contribution in [-0.2, 0) is 6.54 Å². The first-order valence-corrected chi connectivity index (χ1v) is 6.97. The minimum absolute atomic E-state index is 0.325. The number of hydrogen-bond acceptors (Lipinski definition) is 2. The summed E-state index contributed by atoms with van der Waals surface area (Å²) in [6.07, 6.45) is 0.975. The standard InChI is InChI=1S/C16H17ClFNO/c1-2-8-20-15-5-3-4-14(10-15)19-11-12-6-7-13(18)9-16(12)17/h3-7,9-10,19H,2,8,11H2,1H3. The van der Waals surface area contributed by atoms with Crippen molar-refractivity contribution in [2.24, 2.45) is 0 Å². The van der Waals surface area contributed by atoms with Crippen LogP contribution in [0, 0.1) is 5.82 Å². The molecule has 2 rings (SSSR count). The molecule has 0 spiro atoms. The number of hydrogen-bond donors (Lipinski definition) is 1. The zero-order valence-electron chi connectivity index (χ0n) is 11.3. The van der Waals surface area contributed by atoms with E-state index in [9.17, 15) is 4.39 Å². The van der Waals surface area contributed by atoms with Gasteiger partial charge in [0.1, 0.15) is 11.6 Å². The van der Waals surface area contributed by atoms with E-state index in [4.69, 9.17) is 16.3 Å². The third-order valence-electron chi connectivity index (χ3n) is 2.80. The molecule has 0 saturated carbocycles. The Kier molecular flexibility index (Phi) is 5.24. The van der Waals surface area contributed by atoms with Gasteiger partial charge in [0, 0.05) is 23.3 Å². The largest absolute Gasteiger partial charge is 0.494 e. The summed E-state index contributed by atoms with van der Waals surface area (Å²) < 4.78 is 18.5. The Bertz CT molecular complexity index is 574. The lowest BCUT2D eigenvalue weighted by Gasteiger charge is -2.10. The molecule has 0 aliphatic rings. The van der Waals surface area contributed by atoms with Crippen LogP contribution >= 0.6 is 11.6 Å². The molecule has 0 fully saturated rings. The van der Waals surface area contributed by atoms with Gasteiger partial charge < -0.3 is 10.1 Å². The Morgan fingerprint density at radius 2 is 2.05 bits per heavy atom. The molecule has 1 N–H and O–H groups in total. The molecule has 0 bridgehead atoms. The van der Waals surface area contributed by atoms with Crippen LogP contribution in [0.25, 0.3) is 0 Å². The van der Waals surface area contributed by atoms with Crippen molar-refractivity contribution in [2.45, 2.75) is 19.9 Å². The van der Waals surface area contributed by atoms with Gasteiger partial charge in [0.2, 0.25) is 0 Å². The molecule has 4 heteroatoms. The van der Waals surface area contributed by atoms with Crippen LogP contribution < -0.4 is 10.1 Å². The molecule has 2 nitrogen and oxygen atoms in total. The highest BCUT2D eigenvalue weighted by atomic mass is 35.5. The molecule has 0 heterocycles. The second-order valence-corrected chi connectivity index (χ2v) is 4.87. The molecule has 0 amide bonds. The van der Waals surface area contributed by atoms with E-state index in [-0.39, 0.29) is 5.82 Å². The van der Waals surface area contributed by atoms with E-state index >= 15 is 0 Å². The van der Waals surface area contributed by atoms with E-state index in [2.05, 4.69) is 12.2 Å². The van der Waals surface area contributed by atoms with Gasteiger partial charge in [-0.3, -0.25) is 0 Å². The second kappa shape index (κ2) is 7.15. The summed E-state index contributed by atoms with van der Waals surface area (Å²) >= 11 is 5.99. The SMILES string of the molecule is CCCOc1cccc(NCc2ccc(F)cc2Cl)c1. The van der Waals surface area contributed by atoms with Crippen molar-refractivity contribution in [1.29, 1.82) is 0 Å². The average Bonchev–Trinajstić information content (AvgIpc) is 2.45. The summed E-state index contributed by atoms with van der Waals surface area (Å²) in [4.78, 5) is 0. The molecule has 0 saturated heterocycles. The maximum atomic E-state index is 13.0. The number of ether oxygens (including phenoxy) is 1.